The van der Waals surface area contributed by atoms with Gasteiger partial charge in [0.15, 0.2) is 0 Å². The number of fused-ring (bicyclic) bond motifs is 1. The van der Waals surface area contributed by atoms with Crippen LogP contribution in [0.4, 0.5) is 0 Å². The Morgan fingerprint density at radius 1 is 1.00 bits per heavy atom. The molecule has 2 aromatic carbocycles. The van der Waals surface area contributed by atoms with Gasteiger partial charge in [-0.2, -0.15) is 0 Å². The predicted molar refractivity (Wildman–Crippen MR) is 105 cm³/mol. The summed E-state index contributed by atoms with van der Waals surface area (Å²) in [5, 5.41) is 1.02. The average molecular weight is 364 g/mol. The average Bonchev–Trinajstić information content (AvgIpc) is 3.10. The van der Waals surface area contributed by atoms with E-state index in [4.69, 9.17) is 9.47 Å². The molecule has 0 unspecified atom stereocenters. The van der Waals surface area contributed by atoms with Gasteiger partial charge in [-0.05, 0) is 42.5 Å². The maximum atomic E-state index is 13.0. The lowest BCUT2D eigenvalue weighted by Crippen LogP contribution is -2.41. The minimum absolute atomic E-state index is 0.106. The molecule has 0 aliphatic carbocycles. The van der Waals surface area contributed by atoms with Crippen LogP contribution in [0.15, 0.2) is 54.7 Å². The molecule has 1 amide bonds. The van der Waals surface area contributed by atoms with E-state index in [0.717, 1.165) is 40.8 Å². The second-order valence-electron chi connectivity index (χ2n) is 6.95. The first-order chi connectivity index (χ1) is 13.2. The van der Waals surface area contributed by atoms with Crippen molar-refractivity contribution >= 4 is 16.8 Å². The molecular formula is C22H24N2O3. The van der Waals surface area contributed by atoms with Crippen molar-refractivity contribution in [3.8, 4) is 11.5 Å². The first kappa shape index (κ1) is 17.5. The number of aryl methyl sites for hydroxylation is 1. The number of carbonyl (C=O) groups excluding carboxylic acids is 1. The summed E-state index contributed by atoms with van der Waals surface area (Å²) >= 11 is 0. The van der Waals surface area contributed by atoms with E-state index in [0.29, 0.717) is 13.1 Å². The van der Waals surface area contributed by atoms with E-state index in [9.17, 15) is 4.79 Å². The SMILES string of the molecule is COc1ccc(OC2CCN(C(=O)c3cccc4c3ccn4C)CC2)cc1. The van der Waals surface area contributed by atoms with Gasteiger partial charge >= 0.3 is 0 Å². The van der Waals surface area contributed by atoms with Crippen molar-refractivity contribution in [2.75, 3.05) is 20.2 Å². The number of benzene rings is 2. The van der Waals surface area contributed by atoms with E-state index in [1.54, 1.807) is 7.11 Å². The second-order valence-corrected chi connectivity index (χ2v) is 6.95. The Kier molecular flexibility index (Phi) is 4.75. The standard InChI is InChI=1S/C22H24N2O3/c1-23-13-12-19-20(4-3-5-21(19)23)22(25)24-14-10-18(11-15-24)27-17-8-6-16(26-2)7-9-17/h3-9,12-13,18H,10-11,14-15H2,1-2H3. The number of hydrogen-bond acceptors (Lipinski definition) is 3. The van der Waals surface area contributed by atoms with Crippen molar-refractivity contribution in [3.63, 3.8) is 0 Å². The second kappa shape index (κ2) is 7.35. The molecule has 140 valence electrons. The van der Waals surface area contributed by atoms with Crippen LogP contribution in [0.1, 0.15) is 23.2 Å². The lowest BCUT2D eigenvalue weighted by molar-refractivity contribution is 0.0597. The summed E-state index contributed by atoms with van der Waals surface area (Å²) in [4.78, 5) is 15.0. The van der Waals surface area contributed by atoms with Gasteiger partial charge in [0.25, 0.3) is 5.91 Å². The smallest absolute Gasteiger partial charge is 0.254 e. The molecule has 0 atom stereocenters. The predicted octanol–water partition coefficient (Wildman–Crippen LogP) is 3.87. The van der Waals surface area contributed by atoms with Crippen molar-refractivity contribution in [1.29, 1.82) is 0 Å². The highest BCUT2D eigenvalue weighted by molar-refractivity contribution is 6.06. The molecule has 1 aromatic heterocycles. The van der Waals surface area contributed by atoms with E-state index in [1.807, 2.05) is 71.2 Å². The summed E-state index contributed by atoms with van der Waals surface area (Å²) in [6.07, 6.45) is 3.80. The third-order valence-electron chi connectivity index (χ3n) is 5.25. The number of amides is 1. The number of methoxy groups -OCH3 is 1. The topological polar surface area (TPSA) is 43.7 Å². The molecule has 5 heteroatoms. The van der Waals surface area contributed by atoms with E-state index >= 15 is 0 Å². The highest BCUT2D eigenvalue weighted by Gasteiger charge is 2.25. The van der Waals surface area contributed by atoms with E-state index < -0.39 is 0 Å². The molecule has 1 fully saturated rings. The maximum Gasteiger partial charge on any atom is 0.254 e. The summed E-state index contributed by atoms with van der Waals surface area (Å²) in [7, 11) is 3.65. The van der Waals surface area contributed by atoms with Gasteiger partial charge in [-0.3, -0.25) is 4.79 Å². The first-order valence-electron chi connectivity index (χ1n) is 9.30. The van der Waals surface area contributed by atoms with Crippen molar-refractivity contribution in [1.82, 2.24) is 9.47 Å². The number of piperidine rings is 1. The Hall–Kier alpha value is -2.95. The monoisotopic (exact) mass is 364 g/mol. The summed E-state index contributed by atoms with van der Waals surface area (Å²) in [6, 6.07) is 15.6. The summed E-state index contributed by atoms with van der Waals surface area (Å²) in [5.74, 6) is 1.77. The zero-order valence-electron chi connectivity index (χ0n) is 15.7. The zero-order chi connectivity index (χ0) is 18.8. The van der Waals surface area contributed by atoms with E-state index in [-0.39, 0.29) is 12.0 Å². The molecule has 5 nitrogen and oxygen atoms in total. The minimum Gasteiger partial charge on any atom is -0.497 e. The minimum atomic E-state index is 0.106. The van der Waals surface area contributed by atoms with Gasteiger partial charge in [-0.25, -0.2) is 0 Å². The molecule has 1 aliphatic rings. The maximum absolute atomic E-state index is 13.0. The van der Waals surface area contributed by atoms with Crippen LogP contribution >= 0.6 is 0 Å². The van der Waals surface area contributed by atoms with Crippen molar-refractivity contribution < 1.29 is 14.3 Å². The van der Waals surface area contributed by atoms with Gasteiger partial charge < -0.3 is 18.9 Å². The Bertz CT molecular complexity index is 938. The van der Waals surface area contributed by atoms with Gasteiger partial charge in [-0.1, -0.05) is 6.07 Å². The van der Waals surface area contributed by atoms with Crippen LogP contribution in [0.3, 0.4) is 0 Å². The Balaban J connectivity index is 1.40. The number of aromatic nitrogens is 1. The fourth-order valence-corrected chi connectivity index (χ4v) is 3.68. The summed E-state index contributed by atoms with van der Waals surface area (Å²) < 4.78 is 13.3. The number of ether oxygens (including phenoxy) is 2. The van der Waals surface area contributed by atoms with Crippen LogP contribution in [-0.2, 0) is 7.05 Å². The fraction of sp³-hybridized carbons (Fsp3) is 0.318. The number of rotatable bonds is 4. The molecule has 3 aromatic rings. The van der Waals surface area contributed by atoms with E-state index in [1.165, 1.54) is 0 Å². The van der Waals surface area contributed by atoms with Crippen LogP contribution in [0.5, 0.6) is 11.5 Å². The quantitative estimate of drug-likeness (QED) is 0.706. The zero-order valence-corrected chi connectivity index (χ0v) is 15.7. The highest BCUT2D eigenvalue weighted by atomic mass is 16.5. The van der Waals surface area contributed by atoms with Gasteiger partial charge in [-0.15, -0.1) is 0 Å². The molecule has 1 saturated heterocycles. The largest absolute Gasteiger partial charge is 0.497 e. The van der Waals surface area contributed by atoms with Crippen molar-refractivity contribution in [2.24, 2.45) is 7.05 Å². The van der Waals surface area contributed by atoms with Crippen LogP contribution in [0.2, 0.25) is 0 Å². The summed E-state index contributed by atoms with van der Waals surface area (Å²) in [5.41, 5.74) is 1.86. The van der Waals surface area contributed by atoms with Crippen LogP contribution < -0.4 is 9.47 Å². The third kappa shape index (κ3) is 3.50. The number of hydrogen-bond donors (Lipinski definition) is 0. The van der Waals surface area contributed by atoms with Crippen molar-refractivity contribution in [3.05, 3.63) is 60.3 Å². The van der Waals surface area contributed by atoms with E-state index in [2.05, 4.69) is 0 Å². The van der Waals surface area contributed by atoms with Crippen LogP contribution in [0, 0.1) is 0 Å². The lowest BCUT2D eigenvalue weighted by atomic mass is 10.0. The Labute approximate surface area is 159 Å². The number of carbonyl (C=O) groups is 1. The number of likely N-dealkylation sites (tertiary alicyclic amines) is 1. The third-order valence-corrected chi connectivity index (χ3v) is 5.25. The molecule has 4 rings (SSSR count). The normalized spacial score (nSPS) is 15.1. The number of nitrogens with zero attached hydrogens (tertiary/aromatic N) is 2. The molecule has 1 aliphatic heterocycles. The van der Waals surface area contributed by atoms with Gasteiger partial charge in [0.2, 0.25) is 0 Å². The molecule has 0 saturated carbocycles. The molecule has 2 heterocycles. The lowest BCUT2D eigenvalue weighted by Gasteiger charge is -2.32. The van der Waals surface area contributed by atoms with Gasteiger partial charge in [0.05, 0.1) is 7.11 Å². The van der Waals surface area contributed by atoms with Crippen molar-refractivity contribution in [2.45, 2.75) is 18.9 Å². The molecule has 0 bridgehead atoms. The van der Waals surface area contributed by atoms with Gasteiger partial charge in [0, 0.05) is 55.6 Å². The molecule has 27 heavy (non-hydrogen) atoms. The fourth-order valence-electron chi connectivity index (χ4n) is 3.68. The van der Waals surface area contributed by atoms with Crippen LogP contribution in [-0.4, -0.2) is 41.7 Å². The summed E-state index contributed by atoms with van der Waals surface area (Å²) in [6.45, 7) is 1.42. The Morgan fingerprint density at radius 2 is 1.70 bits per heavy atom. The first-order valence-corrected chi connectivity index (χ1v) is 9.30. The molecule has 0 N–H and O–H groups in total. The Morgan fingerprint density at radius 3 is 2.41 bits per heavy atom. The van der Waals surface area contributed by atoms with Crippen LogP contribution in [0.25, 0.3) is 10.9 Å². The van der Waals surface area contributed by atoms with Gasteiger partial charge in [0.1, 0.15) is 17.6 Å². The molecule has 0 spiro atoms. The highest BCUT2D eigenvalue weighted by Crippen LogP contribution is 2.25. The molecular weight excluding hydrogens is 340 g/mol. The molecule has 0 radical (unpaired) electrons.